The number of anilines is 3. The fourth-order valence-corrected chi connectivity index (χ4v) is 6.22. The summed E-state index contributed by atoms with van der Waals surface area (Å²) in [6.45, 7) is 0. The SMILES string of the molecule is c1ccc(N(c2ccc3ccccc3c2)c2ccc3c(ccc4c5ccccc5sc34)c2)cc1. The lowest BCUT2D eigenvalue weighted by Gasteiger charge is -2.26. The number of hydrogen-bond donors (Lipinski definition) is 0. The normalized spacial score (nSPS) is 11.5. The third-order valence-electron chi connectivity index (χ3n) is 6.61. The van der Waals surface area contributed by atoms with Crippen molar-refractivity contribution in [3.05, 3.63) is 127 Å². The van der Waals surface area contributed by atoms with E-state index < -0.39 is 0 Å². The molecular weight excluding hydrogens is 430 g/mol. The average molecular weight is 452 g/mol. The fraction of sp³-hybridized carbons (Fsp3) is 0. The Hall–Kier alpha value is -4.14. The number of hydrogen-bond acceptors (Lipinski definition) is 2. The molecule has 1 heterocycles. The second kappa shape index (κ2) is 7.72. The Morgan fingerprint density at radius 1 is 0.412 bits per heavy atom. The molecule has 0 radical (unpaired) electrons. The first kappa shape index (κ1) is 19.3. The van der Waals surface area contributed by atoms with Gasteiger partial charge in [0.15, 0.2) is 0 Å². The standard InChI is InChI=1S/C32H21NS/c1-2-10-25(11-3-1)33(26-16-14-22-8-4-5-9-23(22)20-26)27-17-19-28-24(21-27)15-18-30-29-12-6-7-13-31(29)34-32(28)30/h1-21H. The highest BCUT2D eigenvalue weighted by Crippen LogP contribution is 2.41. The van der Waals surface area contributed by atoms with E-state index in [4.69, 9.17) is 0 Å². The predicted octanol–water partition coefficient (Wildman–Crippen LogP) is 9.83. The van der Waals surface area contributed by atoms with Crippen LogP contribution in [0, 0.1) is 0 Å². The van der Waals surface area contributed by atoms with E-state index in [2.05, 4.69) is 132 Å². The molecule has 0 N–H and O–H groups in total. The maximum Gasteiger partial charge on any atom is 0.0468 e. The summed E-state index contributed by atoms with van der Waals surface area (Å²) in [6.07, 6.45) is 0. The highest BCUT2D eigenvalue weighted by atomic mass is 32.1. The molecule has 6 aromatic carbocycles. The van der Waals surface area contributed by atoms with Crippen LogP contribution in [0.5, 0.6) is 0 Å². The summed E-state index contributed by atoms with van der Waals surface area (Å²) in [4.78, 5) is 2.35. The molecule has 7 rings (SSSR count). The van der Waals surface area contributed by atoms with Crippen LogP contribution in [-0.4, -0.2) is 0 Å². The smallest absolute Gasteiger partial charge is 0.0468 e. The molecule has 0 bridgehead atoms. The number of thiophene rings is 1. The number of nitrogens with zero attached hydrogens (tertiary/aromatic N) is 1. The van der Waals surface area contributed by atoms with E-state index in [-0.39, 0.29) is 0 Å². The van der Waals surface area contributed by atoms with Crippen LogP contribution in [0.3, 0.4) is 0 Å². The number of benzene rings is 6. The van der Waals surface area contributed by atoms with Gasteiger partial charge in [-0.05, 0) is 64.0 Å². The minimum Gasteiger partial charge on any atom is -0.310 e. The van der Waals surface area contributed by atoms with Crippen molar-refractivity contribution in [2.75, 3.05) is 4.90 Å². The van der Waals surface area contributed by atoms with Crippen molar-refractivity contribution >= 4 is 70.1 Å². The Morgan fingerprint density at radius 3 is 1.94 bits per heavy atom. The summed E-state index contributed by atoms with van der Waals surface area (Å²) in [5.41, 5.74) is 3.47. The molecule has 0 amide bonds. The van der Waals surface area contributed by atoms with Gasteiger partial charge in [-0.3, -0.25) is 0 Å². The summed E-state index contributed by atoms with van der Waals surface area (Å²) in [5, 5.41) is 7.76. The van der Waals surface area contributed by atoms with Gasteiger partial charge in [0.05, 0.1) is 0 Å². The third-order valence-corrected chi connectivity index (χ3v) is 7.83. The lowest BCUT2D eigenvalue weighted by atomic mass is 10.0. The molecule has 0 atom stereocenters. The molecule has 0 aliphatic heterocycles. The average Bonchev–Trinajstić information content (AvgIpc) is 3.28. The van der Waals surface area contributed by atoms with Crippen LogP contribution in [-0.2, 0) is 0 Å². The minimum atomic E-state index is 1.15. The van der Waals surface area contributed by atoms with Crippen LogP contribution in [0.1, 0.15) is 0 Å². The summed E-state index contributed by atoms with van der Waals surface area (Å²) in [7, 11) is 0. The van der Waals surface area contributed by atoms with Crippen molar-refractivity contribution in [2.45, 2.75) is 0 Å². The molecule has 7 aromatic rings. The van der Waals surface area contributed by atoms with Gasteiger partial charge in [-0.15, -0.1) is 11.3 Å². The van der Waals surface area contributed by atoms with Gasteiger partial charge in [0.2, 0.25) is 0 Å². The van der Waals surface area contributed by atoms with Gasteiger partial charge in [0.25, 0.3) is 0 Å². The number of fused-ring (bicyclic) bond motifs is 6. The van der Waals surface area contributed by atoms with E-state index in [1.165, 1.54) is 41.7 Å². The first-order chi connectivity index (χ1) is 16.8. The molecule has 0 fully saturated rings. The van der Waals surface area contributed by atoms with E-state index in [9.17, 15) is 0 Å². The van der Waals surface area contributed by atoms with Crippen molar-refractivity contribution in [1.82, 2.24) is 0 Å². The molecule has 0 spiro atoms. The molecule has 1 nitrogen and oxygen atoms in total. The maximum absolute atomic E-state index is 2.35. The summed E-state index contributed by atoms with van der Waals surface area (Å²) in [5.74, 6) is 0. The van der Waals surface area contributed by atoms with E-state index >= 15 is 0 Å². The van der Waals surface area contributed by atoms with Gasteiger partial charge >= 0.3 is 0 Å². The van der Waals surface area contributed by atoms with Gasteiger partial charge in [0.1, 0.15) is 0 Å². The molecule has 0 unspecified atom stereocenters. The molecule has 0 aliphatic rings. The Bertz CT molecular complexity index is 1810. The predicted molar refractivity (Wildman–Crippen MR) is 149 cm³/mol. The summed E-state index contributed by atoms with van der Waals surface area (Å²) < 4.78 is 2.71. The highest BCUT2D eigenvalue weighted by Gasteiger charge is 2.15. The fourth-order valence-electron chi connectivity index (χ4n) is 4.98. The number of para-hydroxylation sites is 1. The quantitative estimate of drug-likeness (QED) is 0.258. The first-order valence-corrected chi connectivity index (χ1v) is 12.3. The van der Waals surface area contributed by atoms with Crippen LogP contribution in [0.25, 0.3) is 41.7 Å². The zero-order chi connectivity index (χ0) is 22.5. The maximum atomic E-state index is 2.35. The summed E-state index contributed by atoms with van der Waals surface area (Å²) >= 11 is 1.89. The van der Waals surface area contributed by atoms with Gasteiger partial charge in [-0.25, -0.2) is 0 Å². The van der Waals surface area contributed by atoms with E-state index in [1.807, 2.05) is 11.3 Å². The van der Waals surface area contributed by atoms with Crippen LogP contribution in [0.4, 0.5) is 17.1 Å². The Labute approximate surface area is 202 Å². The van der Waals surface area contributed by atoms with Crippen molar-refractivity contribution < 1.29 is 0 Å². The van der Waals surface area contributed by atoms with Crippen LogP contribution < -0.4 is 4.90 Å². The molecule has 1 aromatic heterocycles. The van der Waals surface area contributed by atoms with Crippen LogP contribution in [0.2, 0.25) is 0 Å². The molecule has 160 valence electrons. The van der Waals surface area contributed by atoms with Gasteiger partial charge in [-0.1, -0.05) is 84.9 Å². The Balaban J connectivity index is 1.44. The lowest BCUT2D eigenvalue weighted by molar-refractivity contribution is 1.29. The highest BCUT2D eigenvalue weighted by molar-refractivity contribution is 7.26. The Kier molecular flexibility index (Phi) is 4.39. The largest absolute Gasteiger partial charge is 0.310 e. The van der Waals surface area contributed by atoms with Crippen molar-refractivity contribution in [2.24, 2.45) is 0 Å². The molecule has 0 saturated carbocycles. The second-order valence-corrected chi connectivity index (χ2v) is 9.70. The van der Waals surface area contributed by atoms with E-state index in [1.54, 1.807) is 0 Å². The lowest BCUT2D eigenvalue weighted by Crippen LogP contribution is -2.09. The van der Waals surface area contributed by atoms with Gasteiger partial charge < -0.3 is 4.90 Å². The summed E-state index contributed by atoms with van der Waals surface area (Å²) in [6, 6.07) is 46.0. The molecular formula is C32H21NS. The van der Waals surface area contributed by atoms with Crippen LogP contribution in [0.15, 0.2) is 127 Å². The Morgan fingerprint density at radius 2 is 1.06 bits per heavy atom. The molecule has 0 saturated heterocycles. The van der Waals surface area contributed by atoms with Crippen molar-refractivity contribution in [1.29, 1.82) is 0 Å². The van der Waals surface area contributed by atoms with Crippen LogP contribution >= 0.6 is 11.3 Å². The third kappa shape index (κ3) is 3.07. The second-order valence-electron chi connectivity index (χ2n) is 8.65. The first-order valence-electron chi connectivity index (χ1n) is 11.5. The van der Waals surface area contributed by atoms with Gasteiger partial charge in [0, 0.05) is 37.2 Å². The number of rotatable bonds is 3. The van der Waals surface area contributed by atoms with Crippen molar-refractivity contribution in [3.8, 4) is 0 Å². The van der Waals surface area contributed by atoms with E-state index in [0.29, 0.717) is 0 Å². The van der Waals surface area contributed by atoms with Crippen molar-refractivity contribution in [3.63, 3.8) is 0 Å². The zero-order valence-electron chi connectivity index (χ0n) is 18.5. The topological polar surface area (TPSA) is 3.24 Å². The van der Waals surface area contributed by atoms with E-state index in [0.717, 1.165) is 17.1 Å². The molecule has 34 heavy (non-hydrogen) atoms. The zero-order valence-corrected chi connectivity index (χ0v) is 19.3. The molecule has 0 aliphatic carbocycles. The molecule has 2 heteroatoms. The van der Waals surface area contributed by atoms with Gasteiger partial charge in [-0.2, -0.15) is 0 Å². The monoisotopic (exact) mass is 451 g/mol. The minimum absolute atomic E-state index is 1.15.